The van der Waals surface area contributed by atoms with Gasteiger partial charge in [0.1, 0.15) is 12.7 Å². The summed E-state index contributed by atoms with van der Waals surface area (Å²) in [7, 11) is -3.83. The number of aromatic nitrogens is 3. The van der Waals surface area contributed by atoms with Crippen LogP contribution in [0.5, 0.6) is 0 Å². The number of rotatable bonds is 7. The summed E-state index contributed by atoms with van der Waals surface area (Å²) in [5.41, 5.74) is -2.69. The van der Waals surface area contributed by atoms with Gasteiger partial charge in [-0.1, -0.05) is 24.3 Å². The molecule has 2 aromatic carbocycles. The third kappa shape index (κ3) is 5.81. The minimum Gasteiger partial charge on any atom is -0.249 e. The molecule has 0 aliphatic rings. The number of halogens is 3. The van der Waals surface area contributed by atoms with Crippen molar-refractivity contribution in [2.75, 3.05) is 0 Å². The van der Waals surface area contributed by atoms with Crippen molar-refractivity contribution in [1.82, 2.24) is 19.5 Å². The second-order valence-corrected chi connectivity index (χ2v) is 8.66. The third-order valence-electron chi connectivity index (χ3n) is 3.67. The van der Waals surface area contributed by atoms with Crippen molar-refractivity contribution in [1.29, 1.82) is 0 Å². The van der Waals surface area contributed by atoms with Gasteiger partial charge in [-0.05, 0) is 47.2 Å². The van der Waals surface area contributed by atoms with Gasteiger partial charge in [0.2, 0.25) is 10.0 Å². The van der Waals surface area contributed by atoms with Crippen LogP contribution in [0, 0.1) is 0 Å². The topological polar surface area (TPSA) is 76.9 Å². The molecule has 0 radical (unpaired) electrons. The first-order chi connectivity index (χ1) is 13.2. The Morgan fingerprint density at radius 2 is 1.64 bits per heavy atom. The Labute approximate surface area is 163 Å². The van der Waals surface area contributed by atoms with Crippen molar-refractivity contribution in [2.45, 2.75) is 28.4 Å². The number of hydrogen-bond acceptors (Lipinski definition) is 5. The van der Waals surface area contributed by atoms with E-state index in [1.54, 1.807) is 23.1 Å². The SMILES string of the molecule is O=S(=O)(NCc1ccc(Cn2cncn2)cc1)c1ccc(SC(F)(F)F)cc1. The van der Waals surface area contributed by atoms with Gasteiger partial charge in [-0.3, -0.25) is 0 Å². The van der Waals surface area contributed by atoms with Gasteiger partial charge in [-0.2, -0.15) is 18.3 Å². The zero-order chi connectivity index (χ0) is 20.2. The molecule has 0 unspecified atom stereocenters. The van der Waals surface area contributed by atoms with Crippen LogP contribution in [0.4, 0.5) is 13.2 Å². The Balaban J connectivity index is 1.60. The van der Waals surface area contributed by atoms with E-state index in [1.807, 2.05) is 12.1 Å². The fourth-order valence-corrected chi connectivity index (χ4v) is 3.90. The molecule has 0 spiro atoms. The predicted octanol–water partition coefficient (Wildman–Crippen LogP) is 3.42. The molecular weight excluding hydrogens is 413 g/mol. The van der Waals surface area contributed by atoms with Gasteiger partial charge in [0.15, 0.2) is 0 Å². The standard InChI is InChI=1S/C17H15F3N4O2S2/c18-17(19,20)27-15-5-7-16(8-6-15)28(25,26)23-9-13-1-3-14(4-2-13)10-24-12-21-11-22-24/h1-8,11-12,23H,9-10H2. The lowest BCUT2D eigenvalue weighted by atomic mass is 10.1. The van der Waals surface area contributed by atoms with Gasteiger partial charge in [-0.15, -0.1) is 0 Å². The van der Waals surface area contributed by atoms with Crippen LogP contribution in [-0.2, 0) is 23.1 Å². The first-order valence-corrected chi connectivity index (χ1v) is 10.3. The van der Waals surface area contributed by atoms with Crippen LogP contribution in [0.25, 0.3) is 0 Å². The molecule has 1 N–H and O–H groups in total. The minimum absolute atomic E-state index is 0.0605. The van der Waals surface area contributed by atoms with Crippen molar-refractivity contribution in [3.8, 4) is 0 Å². The highest BCUT2D eigenvalue weighted by molar-refractivity contribution is 8.00. The molecule has 0 amide bonds. The first kappa shape index (κ1) is 20.4. The Bertz CT molecular complexity index is 1000. The molecule has 0 atom stereocenters. The van der Waals surface area contributed by atoms with E-state index in [-0.39, 0.29) is 28.1 Å². The van der Waals surface area contributed by atoms with E-state index in [9.17, 15) is 21.6 Å². The predicted molar refractivity (Wildman–Crippen MR) is 97.9 cm³/mol. The van der Waals surface area contributed by atoms with Crippen LogP contribution in [0.15, 0.2) is 71.0 Å². The van der Waals surface area contributed by atoms with E-state index < -0.39 is 15.5 Å². The Kier molecular flexibility index (Phi) is 6.06. The number of benzene rings is 2. The minimum atomic E-state index is -4.42. The van der Waals surface area contributed by atoms with Crippen molar-refractivity contribution in [3.05, 3.63) is 72.3 Å². The van der Waals surface area contributed by atoms with E-state index >= 15 is 0 Å². The van der Waals surface area contributed by atoms with Gasteiger partial charge in [0.25, 0.3) is 0 Å². The monoisotopic (exact) mass is 428 g/mol. The average Bonchev–Trinajstić information content (AvgIpc) is 3.13. The highest BCUT2D eigenvalue weighted by Crippen LogP contribution is 2.36. The third-order valence-corrected chi connectivity index (χ3v) is 5.82. The fraction of sp³-hybridized carbons (Fsp3) is 0.176. The summed E-state index contributed by atoms with van der Waals surface area (Å²) in [6, 6.07) is 11.9. The van der Waals surface area contributed by atoms with Crippen molar-refractivity contribution in [2.24, 2.45) is 0 Å². The van der Waals surface area contributed by atoms with Gasteiger partial charge in [0.05, 0.1) is 11.4 Å². The Hall–Kier alpha value is -2.37. The molecule has 148 valence electrons. The van der Waals surface area contributed by atoms with Gasteiger partial charge in [-0.25, -0.2) is 22.8 Å². The van der Waals surface area contributed by atoms with Crippen LogP contribution < -0.4 is 4.72 Å². The van der Waals surface area contributed by atoms with E-state index in [2.05, 4.69) is 14.8 Å². The van der Waals surface area contributed by atoms with Gasteiger partial charge in [0, 0.05) is 11.4 Å². The molecule has 0 saturated heterocycles. The Morgan fingerprint density at radius 3 is 2.21 bits per heavy atom. The number of nitrogens with one attached hydrogen (secondary N) is 1. The average molecular weight is 428 g/mol. The number of hydrogen-bond donors (Lipinski definition) is 1. The maximum Gasteiger partial charge on any atom is 0.446 e. The van der Waals surface area contributed by atoms with E-state index in [1.165, 1.54) is 6.33 Å². The lowest BCUT2D eigenvalue weighted by molar-refractivity contribution is -0.0328. The van der Waals surface area contributed by atoms with Crippen LogP contribution in [0.2, 0.25) is 0 Å². The van der Waals surface area contributed by atoms with E-state index in [4.69, 9.17) is 0 Å². The molecule has 6 nitrogen and oxygen atoms in total. The normalized spacial score (nSPS) is 12.2. The van der Waals surface area contributed by atoms with E-state index in [0.717, 1.165) is 35.4 Å². The molecule has 0 aliphatic carbocycles. The smallest absolute Gasteiger partial charge is 0.249 e. The zero-order valence-corrected chi connectivity index (χ0v) is 15.9. The van der Waals surface area contributed by atoms with Crippen LogP contribution >= 0.6 is 11.8 Å². The fourth-order valence-electron chi connectivity index (χ4n) is 2.35. The van der Waals surface area contributed by atoms with Gasteiger partial charge >= 0.3 is 5.51 Å². The first-order valence-electron chi connectivity index (χ1n) is 7.97. The molecule has 1 heterocycles. The second kappa shape index (κ2) is 8.33. The van der Waals surface area contributed by atoms with Crippen molar-refractivity contribution < 1.29 is 21.6 Å². The summed E-state index contributed by atoms with van der Waals surface area (Å²) >= 11 is -0.293. The van der Waals surface area contributed by atoms with Crippen LogP contribution in [0.3, 0.4) is 0 Å². The molecule has 0 saturated carbocycles. The number of sulfonamides is 1. The summed E-state index contributed by atoms with van der Waals surface area (Å²) in [6.45, 7) is 0.610. The van der Waals surface area contributed by atoms with E-state index in [0.29, 0.717) is 6.54 Å². The van der Waals surface area contributed by atoms with Crippen LogP contribution in [-0.4, -0.2) is 28.7 Å². The summed E-state index contributed by atoms with van der Waals surface area (Å²) in [6.07, 6.45) is 3.04. The number of thioether (sulfide) groups is 1. The van der Waals surface area contributed by atoms with Crippen LogP contribution in [0.1, 0.15) is 11.1 Å². The van der Waals surface area contributed by atoms with Gasteiger partial charge < -0.3 is 0 Å². The molecule has 11 heteroatoms. The summed E-state index contributed by atoms with van der Waals surface area (Å²) in [4.78, 5) is 3.69. The quantitative estimate of drug-likeness (QED) is 0.584. The highest BCUT2D eigenvalue weighted by Gasteiger charge is 2.29. The number of nitrogens with zero attached hydrogens (tertiary/aromatic N) is 3. The molecule has 28 heavy (non-hydrogen) atoms. The zero-order valence-electron chi connectivity index (χ0n) is 14.3. The lowest BCUT2D eigenvalue weighted by Gasteiger charge is -2.09. The number of alkyl halides is 3. The molecule has 3 rings (SSSR count). The molecule has 0 bridgehead atoms. The second-order valence-electron chi connectivity index (χ2n) is 5.75. The van der Waals surface area contributed by atoms with Crippen molar-refractivity contribution >= 4 is 21.8 Å². The highest BCUT2D eigenvalue weighted by atomic mass is 32.2. The molecule has 3 aromatic rings. The summed E-state index contributed by atoms with van der Waals surface area (Å²) < 4.78 is 65.8. The molecule has 1 aromatic heterocycles. The van der Waals surface area contributed by atoms with Crippen molar-refractivity contribution in [3.63, 3.8) is 0 Å². The lowest BCUT2D eigenvalue weighted by Crippen LogP contribution is -2.23. The molecular formula is C17H15F3N4O2S2. The maximum absolute atomic E-state index is 12.3. The maximum atomic E-state index is 12.3. The molecule has 0 aliphatic heterocycles. The molecule has 0 fully saturated rings. The summed E-state index contributed by atoms with van der Waals surface area (Å²) in [5, 5.41) is 4.01. The summed E-state index contributed by atoms with van der Waals surface area (Å²) in [5.74, 6) is 0. The largest absolute Gasteiger partial charge is 0.446 e. The Morgan fingerprint density at radius 1 is 1.00 bits per heavy atom.